The molecule has 2 aromatic rings. The molecule has 1 saturated heterocycles. The van der Waals surface area contributed by atoms with E-state index >= 15 is 0 Å². The van der Waals surface area contributed by atoms with Crippen LogP contribution in [0.25, 0.3) is 0 Å². The number of ether oxygens (including phenoxy) is 2. The molecule has 0 saturated carbocycles. The lowest BCUT2D eigenvalue weighted by Crippen LogP contribution is -2.18. The molecule has 1 fully saturated rings. The fraction of sp³-hybridized carbons (Fsp3) is 0.316. The Kier molecular flexibility index (Phi) is 7.10. The maximum atomic E-state index is 12.0. The van der Waals surface area contributed by atoms with Crippen molar-refractivity contribution in [2.45, 2.75) is 12.8 Å². The van der Waals surface area contributed by atoms with Gasteiger partial charge in [0.25, 0.3) is 0 Å². The van der Waals surface area contributed by atoms with Crippen LogP contribution < -0.4 is 20.1 Å². The number of hydrogen-bond donors (Lipinski definition) is 2. The van der Waals surface area contributed by atoms with Crippen molar-refractivity contribution >= 4 is 24.0 Å². The quantitative estimate of drug-likeness (QED) is 0.819. The Morgan fingerprint density at radius 1 is 1.16 bits per heavy atom. The van der Waals surface area contributed by atoms with Crippen molar-refractivity contribution in [3.05, 3.63) is 48.5 Å². The number of hydrogen-bond acceptors (Lipinski definition) is 4. The number of benzene rings is 2. The lowest BCUT2D eigenvalue weighted by molar-refractivity contribution is -0.116. The van der Waals surface area contributed by atoms with E-state index in [0.717, 1.165) is 25.2 Å². The number of carbonyl (C=O) groups excluding carboxylic acids is 1. The second-order valence-corrected chi connectivity index (χ2v) is 5.89. The van der Waals surface area contributed by atoms with Gasteiger partial charge in [-0.2, -0.15) is 0 Å². The van der Waals surface area contributed by atoms with Crippen LogP contribution in [0.4, 0.5) is 5.69 Å². The summed E-state index contributed by atoms with van der Waals surface area (Å²) in [7, 11) is 1.61. The minimum atomic E-state index is 0. The minimum absolute atomic E-state index is 0. The number of rotatable bonds is 6. The SMILES string of the molecule is COc1ccccc1Oc1ccc(NC(=O)CC2CCNC2)cc1.Cl. The molecule has 0 radical (unpaired) electrons. The standard InChI is InChI=1S/C19H22N2O3.ClH/c1-23-17-4-2-3-5-18(17)24-16-8-6-15(7-9-16)21-19(22)12-14-10-11-20-13-14;/h2-9,14,20H,10-13H2,1H3,(H,21,22);1H. The maximum Gasteiger partial charge on any atom is 0.224 e. The molecule has 134 valence electrons. The normalized spacial score (nSPS) is 16.0. The first-order valence-electron chi connectivity index (χ1n) is 8.16. The summed E-state index contributed by atoms with van der Waals surface area (Å²) in [5, 5.41) is 6.21. The van der Waals surface area contributed by atoms with Crippen molar-refractivity contribution in [3.63, 3.8) is 0 Å². The highest BCUT2D eigenvalue weighted by molar-refractivity contribution is 5.90. The fourth-order valence-corrected chi connectivity index (χ4v) is 2.80. The van der Waals surface area contributed by atoms with Gasteiger partial charge in [0.1, 0.15) is 5.75 Å². The molecule has 0 spiro atoms. The van der Waals surface area contributed by atoms with Crippen molar-refractivity contribution < 1.29 is 14.3 Å². The van der Waals surface area contributed by atoms with Crippen LogP contribution in [0.15, 0.2) is 48.5 Å². The third kappa shape index (κ3) is 5.37. The number of anilines is 1. The molecule has 1 atom stereocenters. The first-order valence-corrected chi connectivity index (χ1v) is 8.16. The van der Waals surface area contributed by atoms with Crippen molar-refractivity contribution in [1.82, 2.24) is 5.32 Å². The molecule has 1 aliphatic heterocycles. The van der Waals surface area contributed by atoms with Crippen LogP contribution in [-0.4, -0.2) is 26.1 Å². The van der Waals surface area contributed by atoms with E-state index in [2.05, 4.69) is 10.6 Å². The Labute approximate surface area is 154 Å². The van der Waals surface area contributed by atoms with Crippen LogP contribution in [0.2, 0.25) is 0 Å². The van der Waals surface area contributed by atoms with Crippen LogP contribution >= 0.6 is 12.4 Å². The topological polar surface area (TPSA) is 59.6 Å². The maximum absolute atomic E-state index is 12.0. The monoisotopic (exact) mass is 362 g/mol. The van der Waals surface area contributed by atoms with E-state index in [0.29, 0.717) is 29.6 Å². The summed E-state index contributed by atoms with van der Waals surface area (Å²) >= 11 is 0. The second kappa shape index (κ2) is 9.30. The van der Waals surface area contributed by atoms with Gasteiger partial charge in [-0.1, -0.05) is 12.1 Å². The smallest absolute Gasteiger partial charge is 0.224 e. The number of nitrogens with one attached hydrogen (secondary N) is 2. The summed E-state index contributed by atoms with van der Waals surface area (Å²) in [5.74, 6) is 2.53. The average molecular weight is 363 g/mol. The van der Waals surface area contributed by atoms with E-state index in [4.69, 9.17) is 9.47 Å². The molecule has 3 rings (SSSR count). The number of carbonyl (C=O) groups is 1. The Morgan fingerprint density at radius 2 is 1.88 bits per heavy atom. The van der Waals surface area contributed by atoms with Crippen molar-refractivity contribution in [2.24, 2.45) is 5.92 Å². The summed E-state index contributed by atoms with van der Waals surface area (Å²) < 4.78 is 11.1. The molecular formula is C19H23ClN2O3. The van der Waals surface area contributed by atoms with E-state index in [1.807, 2.05) is 48.5 Å². The first-order chi connectivity index (χ1) is 11.7. The van der Waals surface area contributed by atoms with Gasteiger partial charge in [0.15, 0.2) is 11.5 Å². The van der Waals surface area contributed by atoms with Crippen LogP contribution in [0.1, 0.15) is 12.8 Å². The van der Waals surface area contributed by atoms with Gasteiger partial charge < -0.3 is 20.1 Å². The summed E-state index contributed by atoms with van der Waals surface area (Å²) in [6.07, 6.45) is 1.63. The first kappa shape index (κ1) is 19.1. The largest absolute Gasteiger partial charge is 0.493 e. The van der Waals surface area contributed by atoms with Crippen molar-refractivity contribution in [2.75, 3.05) is 25.5 Å². The third-order valence-corrected chi connectivity index (χ3v) is 4.07. The predicted molar refractivity (Wildman–Crippen MR) is 101 cm³/mol. The van der Waals surface area contributed by atoms with Crippen LogP contribution in [0.5, 0.6) is 17.2 Å². The molecule has 2 N–H and O–H groups in total. The Hall–Kier alpha value is -2.24. The van der Waals surface area contributed by atoms with Crippen molar-refractivity contribution in [1.29, 1.82) is 0 Å². The summed E-state index contributed by atoms with van der Waals surface area (Å²) in [4.78, 5) is 12.0. The van der Waals surface area contributed by atoms with E-state index in [1.54, 1.807) is 7.11 Å². The second-order valence-electron chi connectivity index (χ2n) is 5.89. The average Bonchev–Trinajstić information content (AvgIpc) is 3.10. The van der Waals surface area contributed by atoms with Gasteiger partial charge in [-0.3, -0.25) is 4.79 Å². The number of para-hydroxylation sites is 2. The van der Waals surface area contributed by atoms with Gasteiger partial charge in [-0.05, 0) is 61.8 Å². The summed E-state index contributed by atoms with van der Waals surface area (Å²) in [5.41, 5.74) is 0.776. The molecular weight excluding hydrogens is 340 g/mol. The lowest BCUT2D eigenvalue weighted by atomic mass is 10.0. The Balaban J connectivity index is 0.00000225. The van der Waals surface area contributed by atoms with Crippen LogP contribution in [0.3, 0.4) is 0 Å². The van der Waals surface area contributed by atoms with Gasteiger partial charge >= 0.3 is 0 Å². The van der Waals surface area contributed by atoms with Gasteiger partial charge in [-0.25, -0.2) is 0 Å². The van der Waals surface area contributed by atoms with Crippen LogP contribution in [-0.2, 0) is 4.79 Å². The third-order valence-electron chi connectivity index (χ3n) is 4.07. The Morgan fingerprint density at radius 3 is 2.52 bits per heavy atom. The van der Waals surface area contributed by atoms with Crippen LogP contribution in [0, 0.1) is 5.92 Å². The highest BCUT2D eigenvalue weighted by atomic mass is 35.5. The molecule has 1 heterocycles. The number of halogens is 1. The van der Waals surface area contributed by atoms with Gasteiger partial charge in [0, 0.05) is 12.1 Å². The molecule has 25 heavy (non-hydrogen) atoms. The van der Waals surface area contributed by atoms with Gasteiger partial charge in [0.05, 0.1) is 7.11 Å². The molecule has 6 heteroatoms. The molecule has 5 nitrogen and oxygen atoms in total. The highest BCUT2D eigenvalue weighted by Crippen LogP contribution is 2.31. The summed E-state index contributed by atoms with van der Waals surface area (Å²) in [6, 6.07) is 14.8. The van der Waals surface area contributed by atoms with E-state index in [-0.39, 0.29) is 18.3 Å². The number of methoxy groups -OCH3 is 1. The lowest BCUT2D eigenvalue weighted by Gasteiger charge is -2.11. The molecule has 0 bridgehead atoms. The molecule has 1 aliphatic rings. The predicted octanol–water partition coefficient (Wildman–Crippen LogP) is 3.85. The van der Waals surface area contributed by atoms with Gasteiger partial charge in [0.2, 0.25) is 5.91 Å². The fourth-order valence-electron chi connectivity index (χ4n) is 2.80. The molecule has 0 aliphatic carbocycles. The van der Waals surface area contributed by atoms with E-state index in [9.17, 15) is 4.79 Å². The van der Waals surface area contributed by atoms with Gasteiger partial charge in [-0.15, -0.1) is 12.4 Å². The molecule has 0 aromatic heterocycles. The van der Waals surface area contributed by atoms with Crippen molar-refractivity contribution in [3.8, 4) is 17.2 Å². The zero-order valence-electron chi connectivity index (χ0n) is 14.2. The van der Waals surface area contributed by atoms with E-state index in [1.165, 1.54) is 0 Å². The highest BCUT2D eigenvalue weighted by Gasteiger charge is 2.18. The minimum Gasteiger partial charge on any atom is -0.493 e. The molecule has 1 unspecified atom stereocenters. The zero-order valence-corrected chi connectivity index (χ0v) is 15.0. The molecule has 2 aromatic carbocycles. The molecule has 1 amide bonds. The number of amides is 1. The zero-order chi connectivity index (χ0) is 16.8. The Bertz CT molecular complexity index is 685. The van der Waals surface area contributed by atoms with E-state index < -0.39 is 0 Å². The summed E-state index contributed by atoms with van der Waals surface area (Å²) in [6.45, 7) is 1.94.